The third kappa shape index (κ3) is 2.97. The zero-order chi connectivity index (χ0) is 16.4. The Morgan fingerprint density at radius 3 is 2.26 bits per heavy atom. The first kappa shape index (κ1) is 15.3. The number of hydrogen-bond donors (Lipinski definition) is 0. The number of aryl methyl sites for hydroxylation is 2. The molecule has 4 nitrogen and oxygen atoms in total. The lowest BCUT2D eigenvalue weighted by molar-refractivity contribution is 0.0646. The Kier molecular flexibility index (Phi) is 4.15. The average molecular weight is 309 g/mol. The van der Waals surface area contributed by atoms with Crippen molar-refractivity contribution in [2.45, 2.75) is 20.3 Å². The van der Waals surface area contributed by atoms with Crippen LogP contribution >= 0.6 is 0 Å². The Morgan fingerprint density at radius 2 is 1.61 bits per heavy atom. The number of hydrogen-bond acceptors (Lipinski definition) is 3. The minimum absolute atomic E-state index is 0.211. The van der Waals surface area contributed by atoms with Gasteiger partial charge >= 0.3 is 0 Å². The minimum Gasteiger partial charge on any atom is -0.493 e. The van der Waals surface area contributed by atoms with Crippen LogP contribution in [0.4, 0.5) is 0 Å². The van der Waals surface area contributed by atoms with Crippen molar-refractivity contribution in [1.29, 1.82) is 0 Å². The minimum atomic E-state index is -0.211. The van der Waals surface area contributed by atoms with Crippen molar-refractivity contribution >= 4 is 11.8 Å². The summed E-state index contributed by atoms with van der Waals surface area (Å²) >= 11 is 0. The molecule has 2 amide bonds. The highest BCUT2D eigenvalue weighted by atomic mass is 16.5. The number of benzene rings is 2. The number of imide groups is 1. The van der Waals surface area contributed by atoms with E-state index in [1.165, 1.54) is 4.90 Å². The van der Waals surface area contributed by atoms with E-state index in [9.17, 15) is 9.59 Å². The Hall–Kier alpha value is -2.62. The normalized spacial score (nSPS) is 13.4. The number of fused-ring (bicyclic) bond motifs is 1. The molecule has 0 saturated carbocycles. The molecule has 3 rings (SSSR count). The molecule has 0 N–H and O–H groups in total. The molecule has 4 heteroatoms. The van der Waals surface area contributed by atoms with E-state index in [-0.39, 0.29) is 11.8 Å². The third-order valence-corrected chi connectivity index (χ3v) is 4.01. The van der Waals surface area contributed by atoms with Gasteiger partial charge in [0.25, 0.3) is 11.8 Å². The number of rotatable bonds is 5. The van der Waals surface area contributed by atoms with Crippen LogP contribution in [0.25, 0.3) is 0 Å². The van der Waals surface area contributed by atoms with Gasteiger partial charge in [-0.2, -0.15) is 0 Å². The fourth-order valence-electron chi connectivity index (χ4n) is 2.71. The lowest BCUT2D eigenvalue weighted by Gasteiger charge is -2.15. The number of ether oxygens (including phenoxy) is 1. The summed E-state index contributed by atoms with van der Waals surface area (Å²) in [4.78, 5) is 25.8. The molecule has 0 spiro atoms. The van der Waals surface area contributed by atoms with Crippen molar-refractivity contribution in [3.05, 3.63) is 64.7 Å². The van der Waals surface area contributed by atoms with Gasteiger partial charge in [0.05, 0.1) is 17.7 Å². The Bertz CT molecular complexity index is 732. The maximum Gasteiger partial charge on any atom is 0.261 e. The summed E-state index contributed by atoms with van der Waals surface area (Å²) in [7, 11) is 0. The van der Waals surface area contributed by atoms with Gasteiger partial charge in [-0.05, 0) is 49.6 Å². The number of carbonyl (C=O) groups excluding carboxylic acids is 2. The monoisotopic (exact) mass is 309 g/mol. The van der Waals surface area contributed by atoms with Gasteiger partial charge in [-0.3, -0.25) is 14.5 Å². The summed E-state index contributed by atoms with van der Waals surface area (Å²) in [5.41, 5.74) is 3.21. The molecule has 0 aromatic heterocycles. The molecule has 0 unspecified atom stereocenters. The quantitative estimate of drug-likeness (QED) is 0.628. The topological polar surface area (TPSA) is 46.6 Å². The highest BCUT2D eigenvalue weighted by Crippen LogP contribution is 2.23. The van der Waals surface area contributed by atoms with Gasteiger partial charge < -0.3 is 4.74 Å². The number of amides is 2. The fraction of sp³-hybridized carbons (Fsp3) is 0.263. The Morgan fingerprint density at radius 1 is 0.957 bits per heavy atom. The standard InChI is InChI=1S/C19H19NO3/c1-13-8-9-14(2)17(12-13)23-11-5-10-20-18(21)15-6-3-4-7-16(15)19(20)22/h3-4,6-9,12H,5,10-11H2,1-2H3. The van der Waals surface area contributed by atoms with Gasteiger partial charge in [-0.15, -0.1) is 0 Å². The fourth-order valence-corrected chi connectivity index (χ4v) is 2.71. The SMILES string of the molecule is Cc1ccc(C)c(OCCCN2C(=O)c3ccccc3C2=O)c1. The van der Waals surface area contributed by atoms with Crippen LogP contribution in [0.3, 0.4) is 0 Å². The molecular formula is C19H19NO3. The molecule has 1 aliphatic rings. The van der Waals surface area contributed by atoms with Crippen LogP contribution in [0.5, 0.6) is 5.75 Å². The first-order valence-corrected chi connectivity index (χ1v) is 7.73. The van der Waals surface area contributed by atoms with Crippen LogP contribution in [0.15, 0.2) is 42.5 Å². The Labute approximate surface area is 135 Å². The summed E-state index contributed by atoms with van der Waals surface area (Å²) in [6.07, 6.45) is 0.610. The lowest BCUT2D eigenvalue weighted by atomic mass is 10.1. The summed E-state index contributed by atoms with van der Waals surface area (Å²) < 4.78 is 5.78. The summed E-state index contributed by atoms with van der Waals surface area (Å²) in [5.74, 6) is 0.432. The molecule has 0 fully saturated rings. The van der Waals surface area contributed by atoms with E-state index < -0.39 is 0 Å². The second-order valence-corrected chi connectivity index (χ2v) is 5.78. The van der Waals surface area contributed by atoms with Crippen molar-refractivity contribution in [2.24, 2.45) is 0 Å². The highest BCUT2D eigenvalue weighted by Gasteiger charge is 2.34. The van der Waals surface area contributed by atoms with Gasteiger partial charge in [-0.25, -0.2) is 0 Å². The van der Waals surface area contributed by atoms with Gasteiger partial charge in [-0.1, -0.05) is 24.3 Å². The van der Waals surface area contributed by atoms with E-state index in [0.717, 1.165) is 16.9 Å². The van der Waals surface area contributed by atoms with Crippen molar-refractivity contribution in [3.8, 4) is 5.75 Å². The molecule has 1 heterocycles. The van der Waals surface area contributed by atoms with E-state index in [2.05, 4.69) is 0 Å². The van der Waals surface area contributed by atoms with Gasteiger partial charge in [0, 0.05) is 6.54 Å². The zero-order valence-electron chi connectivity index (χ0n) is 13.3. The molecule has 0 radical (unpaired) electrons. The predicted molar refractivity (Wildman–Crippen MR) is 87.8 cm³/mol. The first-order valence-electron chi connectivity index (χ1n) is 7.73. The molecule has 0 atom stereocenters. The van der Waals surface area contributed by atoms with E-state index in [4.69, 9.17) is 4.74 Å². The van der Waals surface area contributed by atoms with Crippen molar-refractivity contribution in [2.75, 3.05) is 13.2 Å². The summed E-state index contributed by atoms with van der Waals surface area (Å²) in [6.45, 7) is 4.86. The average Bonchev–Trinajstić information content (AvgIpc) is 2.79. The molecule has 23 heavy (non-hydrogen) atoms. The van der Waals surface area contributed by atoms with E-state index in [1.54, 1.807) is 24.3 Å². The number of nitrogens with zero attached hydrogens (tertiary/aromatic N) is 1. The van der Waals surface area contributed by atoms with Crippen LogP contribution in [0, 0.1) is 13.8 Å². The van der Waals surface area contributed by atoms with E-state index >= 15 is 0 Å². The molecule has 0 aliphatic carbocycles. The van der Waals surface area contributed by atoms with E-state index in [1.807, 2.05) is 32.0 Å². The molecule has 1 aliphatic heterocycles. The van der Waals surface area contributed by atoms with Crippen LogP contribution in [0.2, 0.25) is 0 Å². The molecular weight excluding hydrogens is 290 g/mol. The smallest absolute Gasteiger partial charge is 0.261 e. The largest absolute Gasteiger partial charge is 0.493 e. The first-order chi connectivity index (χ1) is 11.1. The highest BCUT2D eigenvalue weighted by molar-refractivity contribution is 6.21. The summed E-state index contributed by atoms with van der Waals surface area (Å²) in [6, 6.07) is 13.0. The van der Waals surface area contributed by atoms with Crippen molar-refractivity contribution in [3.63, 3.8) is 0 Å². The molecule has 2 aromatic rings. The maximum atomic E-state index is 12.2. The number of carbonyl (C=O) groups is 2. The van der Waals surface area contributed by atoms with Gasteiger partial charge in [0.2, 0.25) is 0 Å². The Balaban J connectivity index is 1.57. The lowest BCUT2D eigenvalue weighted by Crippen LogP contribution is -2.31. The summed E-state index contributed by atoms with van der Waals surface area (Å²) in [5, 5.41) is 0. The molecule has 0 saturated heterocycles. The van der Waals surface area contributed by atoms with Crippen LogP contribution in [-0.4, -0.2) is 29.9 Å². The second kappa shape index (κ2) is 6.24. The maximum absolute atomic E-state index is 12.2. The molecule has 118 valence electrons. The third-order valence-electron chi connectivity index (χ3n) is 4.01. The zero-order valence-corrected chi connectivity index (χ0v) is 13.3. The van der Waals surface area contributed by atoms with E-state index in [0.29, 0.717) is 30.7 Å². The van der Waals surface area contributed by atoms with Crippen LogP contribution < -0.4 is 4.74 Å². The second-order valence-electron chi connectivity index (χ2n) is 5.78. The van der Waals surface area contributed by atoms with Crippen molar-refractivity contribution < 1.29 is 14.3 Å². The van der Waals surface area contributed by atoms with Crippen molar-refractivity contribution in [1.82, 2.24) is 4.90 Å². The van der Waals surface area contributed by atoms with Crippen LogP contribution in [0.1, 0.15) is 38.3 Å². The molecule has 2 aromatic carbocycles. The van der Waals surface area contributed by atoms with Gasteiger partial charge in [0.15, 0.2) is 0 Å². The van der Waals surface area contributed by atoms with Gasteiger partial charge in [0.1, 0.15) is 5.75 Å². The molecule has 0 bridgehead atoms. The van der Waals surface area contributed by atoms with Crippen LogP contribution in [-0.2, 0) is 0 Å². The predicted octanol–water partition coefficient (Wildman–Crippen LogP) is 3.37.